The zero-order chi connectivity index (χ0) is 18.0. The minimum absolute atomic E-state index is 0.128. The number of aromatic amines is 1. The van der Waals surface area contributed by atoms with Crippen molar-refractivity contribution in [2.75, 3.05) is 5.32 Å². The van der Waals surface area contributed by atoms with Gasteiger partial charge in [-0.15, -0.1) is 0 Å². The van der Waals surface area contributed by atoms with Crippen LogP contribution in [0.3, 0.4) is 0 Å². The van der Waals surface area contributed by atoms with Gasteiger partial charge >= 0.3 is 5.69 Å². The number of fused-ring (bicyclic) bond motifs is 1. The van der Waals surface area contributed by atoms with Crippen molar-refractivity contribution in [2.45, 2.75) is 26.8 Å². The third-order valence-corrected chi connectivity index (χ3v) is 4.13. The van der Waals surface area contributed by atoms with Crippen LogP contribution in [0.15, 0.2) is 52.1 Å². The fraction of sp³-hybridized carbons (Fsp3) is 0.211. The third kappa shape index (κ3) is 3.52. The molecule has 0 spiro atoms. The maximum absolute atomic E-state index is 12.3. The molecule has 0 radical (unpaired) electrons. The number of para-hydroxylation sites is 1. The first-order chi connectivity index (χ1) is 12.0. The maximum atomic E-state index is 12.3. The molecular formula is C19H19N3O3. The van der Waals surface area contributed by atoms with Crippen LogP contribution in [0.2, 0.25) is 0 Å². The SMILES string of the molecule is Cc1ccc(C)c(NC(=O)CCn2c(=O)[nH]c(=O)c3ccccc32)c1. The van der Waals surface area contributed by atoms with Crippen LogP contribution in [0.5, 0.6) is 0 Å². The summed E-state index contributed by atoms with van der Waals surface area (Å²) in [6.45, 7) is 4.07. The molecule has 0 saturated heterocycles. The number of anilines is 1. The van der Waals surface area contributed by atoms with E-state index in [1.165, 1.54) is 4.57 Å². The predicted molar refractivity (Wildman–Crippen MR) is 98.0 cm³/mol. The summed E-state index contributed by atoms with van der Waals surface area (Å²) in [4.78, 5) is 38.5. The van der Waals surface area contributed by atoms with Gasteiger partial charge in [0.25, 0.3) is 5.56 Å². The van der Waals surface area contributed by atoms with Crippen LogP contribution in [0.1, 0.15) is 17.5 Å². The van der Waals surface area contributed by atoms with E-state index in [1.54, 1.807) is 24.3 Å². The summed E-state index contributed by atoms with van der Waals surface area (Å²) in [6.07, 6.45) is 0.128. The molecule has 0 aliphatic rings. The summed E-state index contributed by atoms with van der Waals surface area (Å²) >= 11 is 0. The van der Waals surface area contributed by atoms with Crippen molar-refractivity contribution in [1.29, 1.82) is 0 Å². The summed E-state index contributed by atoms with van der Waals surface area (Å²) in [6, 6.07) is 12.7. The Labute approximate surface area is 144 Å². The summed E-state index contributed by atoms with van der Waals surface area (Å²) in [5.41, 5.74) is 2.40. The van der Waals surface area contributed by atoms with E-state index in [0.29, 0.717) is 10.9 Å². The molecule has 2 N–H and O–H groups in total. The molecule has 0 fully saturated rings. The Morgan fingerprint density at radius 3 is 2.68 bits per heavy atom. The standard InChI is InChI=1S/C19H19N3O3/c1-12-7-8-13(2)15(11-12)20-17(23)9-10-22-16-6-4-3-5-14(16)18(24)21-19(22)25/h3-8,11H,9-10H2,1-2H3,(H,20,23)(H,21,24,25). The van der Waals surface area contributed by atoms with Crippen LogP contribution in [0, 0.1) is 13.8 Å². The highest BCUT2D eigenvalue weighted by Crippen LogP contribution is 2.16. The second kappa shape index (κ2) is 6.76. The molecule has 2 aromatic carbocycles. The van der Waals surface area contributed by atoms with Crippen LogP contribution in [0.25, 0.3) is 10.9 Å². The Balaban J connectivity index is 1.81. The van der Waals surface area contributed by atoms with E-state index in [2.05, 4.69) is 10.3 Å². The second-order valence-corrected chi connectivity index (χ2v) is 6.04. The highest BCUT2D eigenvalue weighted by atomic mass is 16.2. The molecule has 0 saturated carbocycles. The molecule has 6 nitrogen and oxygen atoms in total. The number of aryl methyl sites for hydroxylation is 3. The summed E-state index contributed by atoms with van der Waals surface area (Å²) in [5.74, 6) is -0.184. The van der Waals surface area contributed by atoms with Gasteiger partial charge in [0.2, 0.25) is 5.91 Å². The molecule has 6 heteroatoms. The van der Waals surface area contributed by atoms with Crippen LogP contribution in [0.4, 0.5) is 5.69 Å². The smallest absolute Gasteiger partial charge is 0.326 e. The monoisotopic (exact) mass is 337 g/mol. The Morgan fingerprint density at radius 2 is 1.88 bits per heavy atom. The molecule has 1 amide bonds. The van der Waals surface area contributed by atoms with Crippen LogP contribution in [-0.4, -0.2) is 15.5 Å². The average molecular weight is 337 g/mol. The van der Waals surface area contributed by atoms with E-state index in [9.17, 15) is 14.4 Å². The molecular weight excluding hydrogens is 318 g/mol. The van der Waals surface area contributed by atoms with E-state index in [0.717, 1.165) is 16.8 Å². The Bertz CT molecular complexity index is 1060. The molecule has 0 aliphatic carbocycles. The number of rotatable bonds is 4. The first-order valence-corrected chi connectivity index (χ1v) is 8.04. The van der Waals surface area contributed by atoms with E-state index >= 15 is 0 Å². The number of H-pyrrole nitrogens is 1. The number of amides is 1. The number of nitrogens with zero attached hydrogens (tertiary/aromatic N) is 1. The van der Waals surface area contributed by atoms with Crippen molar-refractivity contribution >= 4 is 22.5 Å². The van der Waals surface area contributed by atoms with Crippen LogP contribution < -0.4 is 16.6 Å². The van der Waals surface area contributed by atoms with E-state index < -0.39 is 11.2 Å². The molecule has 1 aromatic heterocycles. The normalized spacial score (nSPS) is 10.8. The second-order valence-electron chi connectivity index (χ2n) is 6.04. The third-order valence-electron chi connectivity index (χ3n) is 4.13. The van der Waals surface area contributed by atoms with Crippen molar-refractivity contribution in [3.05, 3.63) is 74.4 Å². The van der Waals surface area contributed by atoms with Crippen molar-refractivity contribution in [2.24, 2.45) is 0 Å². The van der Waals surface area contributed by atoms with Gasteiger partial charge in [0, 0.05) is 18.7 Å². The van der Waals surface area contributed by atoms with Gasteiger partial charge in [-0.1, -0.05) is 24.3 Å². The minimum Gasteiger partial charge on any atom is -0.326 e. The fourth-order valence-corrected chi connectivity index (χ4v) is 2.76. The van der Waals surface area contributed by atoms with E-state index in [4.69, 9.17) is 0 Å². The van der Waals surface area contributed by atoms with Gasteiger partial charge in [-0.05, 0) is 43.2 Å². The molecule has 3 rings (SSSR count). The highest BCUT2D eigenvalue weighted by molar-refractivity contribution is 5.91. The zero-order valence-corrected chi connectivity index (χ0v) is 14.1. The van der Waals surface area contributed by atoms with Gasteiger partial charge in [-0.25, -0.2) is 4.79 Å². The summed E-state index contributed by atoms with van der Waals surface area (Å²) in [7, 11) is 0. The number of carbonyl (C=O) groups excluding carboxylic acids is 1. The average Bonchev–Trinajstić information content (AvgIpc) is 2.58. The topological polar surface area (TPSA) is 84.0 Å². The van der Waals surface area contributed by atoms with Gasteiger partial charge in [0.1, 0.15) is 0 Å². The van der Waals surface area contributed by atoms with E-state index in [-0.39, 0.29) is 18.9 Å². The zero-order valence-electron chi connectivity index (χ0n) is 14.1. The van der Waals surface area contributed by atoms with Crippen molar-refractivity contribution < 1.29 is 4.79 Å². The highest BCUT2D eigenvalue weighted by Gasteiger charge is 2.10. The van der Waals surface area contributed by atoms with Gasteiger partial charge in [-0.2, -0.15) is 0 Å². The van der Waals surface area contributed by atoms with E-state index in [1.807, 2.05) is 32.0 Å². The fourth-order valence-electron chi connectivity index (χ4n) is 2.76. The van der Waals surface area contributed by atoms with Crippen molar-refractivity contribution in [3.63, 3.8) is 0 Å². The number of carbonyl (C=O) groups is 1. The molecule has 0 unspecified atom stereocenters. The number of aromatic nitrogens is 2. The van der Waals surface area contributed by atoms with Gasteiger partial charge < -0.3 is 5.32 Å². The Morgan fingerprint density at radius 1 is 1.12 bits per heavy atom. The summed E-state index contributed by atoms with van der Waals surface area (Å²) < 4.78 is 1.42. The quantitative estimate of drug-likeness (QED) is 0.766. The number of hydrogen-bond donors (Lipinski definition) is 2. The molecule has 0 bridgehead atoms. The number of nitrogens with one attached hydrogen (secondary N) is 2. The van der Waals surface area contributed by atoms with Gasteiger partial charge in [0.05, 0.1) is 10.9 Å². The minimum atomic E-state index is -0.511. The van der Waals surface area contributed by atoms with Gasteiger partial charge in [0.15, 0.2) is 0 Å². The van der Waals surface area contributed by atoms with Crippen molar-refractivity contribution in [3.8, 4) is 0 Å². The van der Waals surface area contributed by atoms with Crippen molar-refractivity contribution in [1.82, 2.24) is 9.55 Å². The first-order valence-electron chi connectivity index (χ1n) is 8.04. The Hall–Kier alpha value is -3.15. The predicted octanol–water partition coefficient (Wildman–Crippen LogP) is 2.34. The lowest BCUT2D eigenvalue weighted by molar-refractivity contribution is -0.116. The Kier molecular flexibility index (Phi) is 4.52. The summed E-state index contributed by atoms with van der Waals surface area (Å²) in [5, 5.41) is 3.30. The molecule has 25 heavy (non-hydrogen) atoms. The largest absolute Gasteiger partial charge is 0.328 e. The molecule has 0 aliphatic heterocycles. The number of benzene rings is 2. The lowest BCUT2D eigenvalue weighted by Gasteiger charge is -2.11. The lowest BCUT2D eigenvalue weighted by Crippen LogP contribution is -2.31. The molecule has 3 aromatic rings. The molecule has 1 heterocycles. The first kappa shape index (κ1) is 16.7. The molecule has 128 valence electrons. The van der Waals surface area contributed by atoms with Crippen LogP contribution in [-0.2, 0) is 11.3 Å². The molecule has 0 atom stereocenters. The lowest BCUT2D eigenvalue weighted by atomic mass is 10.1. The maximum Gasteiger partial charge on any atom is 0.328 e. The van der Waals surface area contributed by atoms with Crippen LogP contribution >= 0.6 is 0 Å². The number of hydrogen-bond acceptors (Lipinski definition) is 3. The van der Waals surface area contributed by atoms with Gasteiger partial charge in [-0.3, -0.25) is 19.1 Å².